The largest absolute Gasteiger partial charge is 0.490 e. The number of carbonyl (C=O) groups excluding carboxylic acids is 1. The Morgan fingerprint density at radius 1 is 1.36 bits per heavy atom. The first-order chi connectivity index (χ1) is 6.61. The van der Waals surface area contributed by atoms with Gasteiger partial charge in [-0.15, -0.1) is 0 Å². The Labute approximate surface area is 92.8 Å². The van der Waals surface area contributed by atoms with E-state index < -0.39 is 0 Å². The molecule has 0 spiro atoms. The summed E-state index contributed by atoms with van der Waals surface area (Å²) < 4.78 is 5.42. The van der Waals surface area contributed by atoms with Crippen LogP contribution >= 0.6 is 23.2 Å². The monoisotopic (exact) mass is 232 g/mol. The standard InChI is InChI=1S/C10H10Cl2O2/c1-7(2-3-13)14-10-5-8(11)4-9(12)6-10/h3-7H,2H2,1H3. The van der Waals surface area contributed by atoms with Gasteiger partial charge in [0.25, 0.3) is 0 Å². The van der Waals surface area contributed by atoms with Crippen molar-refractivity contribution in [3.63, 3.8) is 0 Å². The SMILES string of the molecule is CC(CC=O)Oc1cc(Cl)cc(Cl)c1. The van der Waals surface area contributed by atoms with Crippen molar-refractivity contribution in [2.24, 2.45) is 0 Å². The zero-order chi connectivity index (χ0) is 10.6. The molecule has 0 N–H and O–H groups in total. The van der Waals surface area contributed by atoms with Gasteiger partial charge in [-0.25, -0.2) is 0 Å². The maximum Gasteiger partial charge on any atom is 0.123 e. The molecule has 0 aromatic heterocycles. The first kappa shape index (κ1) is 11.3. The fourth-order valence-electron chi connectivity index (χ4n) is 1.01. The molecule has 1 unspecified atom stereocenters. The molecule has 2 nitrogen and oxygen atoms in total. The van der Waals surface area contributed by atoms with Crippen molar-refractivity contribution in [3.05, 3.63) is 28.2 Å². The van der Waals surface area contributed by atoms with Crippen LogP contribution in [0.1, 0.15) is 13.3 Å². The number of hydrogen-bond donors (Lipinski definition) is 0. The smallest absolute Gasteiger partial charge is 0.123 e. The van der Waals surface area contributed by atoms with Gasteiger partial charge < -0.3 is 9.53 Å². The average molecular weight is 233 g/mol. The second kappa shape index (κ2) is 5.23. The predicted molar refractivity (Wildman–Crippen MR) is 57.2 cm³/mol. The molecule has 0 saturated carbocycles. The Bertz CT molecular complexity index is 306. The van der Waals surface area contributed by atoms with Gasteiger partial charge in [-0.3, -0.25) is 0 Å². The number of hydrogen-bond acceptors (Lipinski definition) is 2. The second-order valence-corrected chi connectivity index (χ2v) is 3.81. The van der Waals surface area contributed by atoms with Crippen LogP contribution in [0.2, 0.25) is 10.0 Å². The molecule has 4 heteroatoms. The minimum absolute atomic E-state index is 0.165. The normalized spacial score (nSPS) is 12.2. The summed E-state index contributed by atoms with van der Waals surface area (Å²) in [7, 11) is 0. The lowest BCUT2D eigenvalue weighted by molar-refractivity contribution is -0.109. The van der Waals surface area contributed by atoms with Gasteiger partial charge in [-0.1, -0.05) is 23.2 Å². The molecule has 0 aliphatic heterocycles. The van der Waals surface area contributed by atoms with Gasteiger partial charge in [-0.05, 0) is 25.1 Å². The molecular formula is C10H10Cl2O2. The van der Waals surface area contributed by atoms with Crippen LogP contribution in [0.15, 0.2) is 18.2 Å². The molecule has 76 valence electrons. The summed E-state index contributed by atoms with van der Waals surface area (Å²) in [6.45, 7) is 1.81. The molecule has 0 amide bonds. The molecule has 0 fully saturated rings. The van der Waals surface area contributed by atoms with E-state index in [4.69, 9.17) is 27.9 Å². The first-order valence-electron chi connectivity index (χ1n) is 4.18. The van der Waals surface area contributed by atoms with E-state index in [1.54, 1.807) is 18.2 Å². The Balaban J connectivity index is 2.71. The topological polar surface area (TPSA) is 26.3 Å². The number of halogens is 2. The summed E-state index contributed by atoms with van der Waals surface area (Å²) in [5.74, 6) is 0.580. The molecule has 0 aliphatic rings. The van der Waals surface area contributed by atoms with Gasteiger partial charge in [0, 0.05) is 16.5 Å². The van der Waals surface area contributed by atoms with Gasteiger partial charge in [0.1, 0.15) is 18.1 Å². The average Bonchev–Trinajstić information content (AvgIpc) is 2.01. The third-order valence-electron chi connectivity index (χ3n) is 1.60. The predicted octanol–water partition coefficient (Wildman–Crippen LogP) is 3.35. The van der Waals surface area contributed by atoms with Crippen LogP contribution in [0, 0.1) is 0 Å². The second-order valence-electron chi connectivity index (χ2n) is 2.94. The van der Waals surface area contributed by atoms with E-state index in [0.29, 0.717) is 22.2 Å². The zero-order valence-electron chi connectivity index (χ0n) is 7.67. The van der Waals surface area contributed by atoms with Gasteiger partial charge in [0.05, 0.1) is 0 Å². The first-order valence-corrected chi connectivity index (χ1v) is 4.94. The lowest BCUT2D eigenvalue weighted by Gasteiger charge is -2.12. The van der Waals surface area contributed by atoms with Crippen LogP contribution in [0.25, 0.3) is 0 Å². The highest BCUT2D eigenvalue weighted by atomic mass is 35.5. The molecular weight excluding hydrogens is 223 g/mol. The molecule has 1 aromatic rings. The van der Waals surface area contributed by atoms with E-state index in [1.807, 2.05) is 6.92 Å². The van der Waals surface area contributed by atoms with Gasteiger partial charge >= 0.3 is 0 Å². The highest BCUT2D eigenvalue weighted by molar-refractivity contribution is 6.34. The van der Waals surface area contributed by atoms with E-state index in [9.17, 15) is 4.79 Å². The van der Waals surface area contributed by atoms with Crippen LogP contribution in [-0.4, -0.2) is 12.4 Å². The van der Waals surface area contributed by atoms with Crippen molar-refractivity contribution in [2.75, 3.05) is 0 Å². The summed E-state index contributed by atoms with van der Waals surface area (Å²) in [4.78, 5) is 10.2. The van der Waals surface area contributed by atoms with Crippen LogP contribution in [-0.2, 0) is 4.79 Å². The van der Waals surface area contributed by atoms with E-state index >= 15 is 0 Å². The molecule has 0 heterocycles. The van der Waals surface area contributed by atoms with Crippen molar-refractivity contribution in [2.45, 2.75) is 19.4 Å². The van der Waals surface area contributed by atoms with Crippen molar-refractivity contribution >= 4 is 29.5 Å². The van der Waals surface area contributed by atoms with Crippen molar-refractivity contribution in [1.82, 2.24) is 0 Å². The summed E-state index contributed by atoms with van der Waals surface area (Å²) in [6.07, 6.45) is 1.00. The van der Waals surface area contributed by atoms with E-state index in [2.05, 4.69) is 0 Å². The van der Waals surface area contributed by atoms with Gasteiger partial charge in [-0.2, -0.15) is 0 Å². The summed E-state index contributed by atoms with van der Waals surface area (Å²) in [6, 6.07) is 4.95. The van der Waals surface area contributed by atoms with Crippen LogP contribution in [0.3, 0.4) is 0 Å². The Morgan fingerprint density at radius 3 is 2.43 bits per heavy atom. The van der Waals surface area contributed by atoms with Crippen molar-refractivity contribution < 1.29 is 9.53 Å². The highest BCUT2D eigenvalue weighted by Gasteiger charge is 2.04. The van der Waals surface area contributed by atoms with Crippen molar-refractivity contribution in [3.8, 4) is 5.75 Å². The number of aldehydes is 1. The maximum atomic E-state index is 10.2. The third-order valence-corrected chi connectivity index (χ3v) is 2.04. The van der Waals surface area contributed by atoms with E-state index in [-0.39, 0.29) is 6.10 Å². The molecule has 1 aromatic carbocycles. The number of ether oxygens (including phenoxy) is 1. The van der Waals surface area contributed by atoms with E-state index in [1.165, 1.54) is 0 Å². The zero-order valence-corrected chi connectivity index (χ0v) is 9.18. The fourth-order valence-corrected chi connectivity index (χ4v) is 1.52. The molecule has 0 aliphatic carbocycles. The minimum atomic E-state index is -0.165. The maximum absolute atomic E-state index is 10.2. The molecule has 0 bridgehead atoms. The molecule has 1 atom stereocenters. The third kappa shape index (κ3) is 3.56. The van der Waals surface area contributed by atoms with Gasteiger partial charge in [0.15, 0.2) is 0 Å². The molecule has 0 saturated heterocycles. The number of benzene rings is 1. The number of rotatable bonds is 4. The molecule has 0 radical (unpaired) electrons. The molecule has 1 rings (SSSR count). The fraction of sp³-hybridized carbons (Fsp3) is 0.300. The quantitative estimate of drug-likeness (QED) is 0.745. The van der Waals surface area contributed by atoms with E-state index in [0.717, 1.165) is 6.29 Å². The lowest BCUT2D eigenvalue weighted by atomic mass is 10.3. The Kier molecular flexibility index (Phi) is 4.23. The van der Waals surface area contributed by atoms with Crippen LogP contribution in [0.4, 0.5) is 0 Å². The van der Waals surface area contributed by atoms with Crippen LogP contribution < -0.4 is 4.74 Å². The van der Waals surface area contributed by atoms with Crippen molar-refractivity contribution in [1.29, 1.82) is 0 Å². The highest BCUT2D eigenvalue weighted by Crippen LogP contribution is 2.25. The van der Waals surface area contributed by atoms with Crippen LogP contribution in [0.5, 0.6) is 5.75 Å². The Morgan fingerprint density at radius 2 is 1.93 bits per heavy atom. The number of carbonyl (C=O) groups is 1. The minimum Gasteiger partial charge on any atom is -0.490 e. The summed E-state index contributed by atoms with van der Waals surface area (Å²) in [5, 5.41) is 1.04. The lowest BCUT2D eigenvalue weighted by Crippen LogP contribution is -2.11. The summed E-state index contributed by atoms with van der Waals surface area (Å²) in [5.41, 5.74) is 0. The Hall–Kier alpha value is -0.730. The summed E-state index contributed by atoms with van der Waals surface area (Å²) >= 11 is 11.6. The van der Waals surface area contributed by atoms with Gasteiger partial charge in [0.2, 0.25) is 0 Å². The molecule has 14 heavy (non-hydrogen) atoms.